The Morgan fingerprint density at radius 1 is 1.10 bits per heavy atom. The monoisotopic (exact) mass is 398 g/mol. The van der Waals surface area contributed by atoms with Crippen LogP contribution in [0.25, 0.3) is 0 Å². The van der Waals surface area contributed by atoms with E-state index in [9.17, 15) is 4.79 Å². The van der Waals surface area contributed by atoms with Crippen molar-refractivity contribution in [3.8, 4) is 11.5 Å². The molecule has 0 spiro atoms. The number of aryl methyl sites for hydroxylation is 2. The van der Waals surface area contributed by atoms with Crippen molar-refractivity contribution in [3.05, 3.63) is 53.6 Å². The van der Waals surface area contributed by atoms with Crippen LogP contribution in [0.3, 0.4) is 0 Å². The summed E-state index contributed by atoms with van der Waals surface area (Å²) in [7, 11) is 1.68. The molecule has 2 N–H and O–H groups in total. The Bertz CT molecular complexity index is 800. The third-order valence-corrected chi connectivity index (χ3v) is 5.33. The van der Waals surface area contributed by atoms with Crippen LogP contribution in [0.4, 0.5) is 5.69 Å². The van der Waals surface area contributed by atoms with Gasteiger partial charge in [-0.2, -0.15) is 0 Å². The first-order valence-electron chi connectivity index (χ1n) is 10.2. The molecule has 0 aliphatic carbocycles. The van der Waals surface area contributed by atoms with E-state index in [0.717, 1.165) is 43.2 Å². The fourth-order valence-electron chi connectivity index (χ4n) is 3.65. The van der Waals surface area contributed by atoms with Gasteiger partial charge < -0.3 is 24.6 Å². The van der Waals surface area contributed by atoms with Crippen molar-refractivity contribution in [1.82, 2.24) is 5.32 Å². The molecular formula is C23H32N3O3+. The van der Waals surface area contributed by atoms with E-state index in [1.807, 2.05) is 31.2 Å². The summed E-state index contributed by atoms with van der Waals surface area (Å²) in [6.45, 7) is 9.44. The average molecular weight is 399 g/mol. The normalized spacial score (nSPS) is 14.5. The van der Waals surface area contributed by atoms with Gasteiger partial charge in [-0.15, -0.1) is 0 Å². The van der Waals surface area contributed by atoms with Gasteiger partial charge in [0, 0.05) is 5.69 Å². The van der Waals surface area contributed by atoms with E-state index in [4.69, 9.17) is 9.47 Å². The van der Waals surface area contributed by atoms with Gasteiger partial charge in [0.15, 0.2) is 6.54 Å². The molecule has 2 aromatic rings. The Kier molecular flexibility index (Phi) is 7.36. The number of benzene rings is 2. The minimum Gasteiger partial charge on any atom is -0.497 e. The molecule has 6 nitrogen and oxygen atoms in total. The number of amides is 1. The quantitative estimate of drug-likeness (QED) is 0.657. The second-order valence-electron chi connectivity index (χ2n) is 7.58. The molecule has 1 fully saturated rings. The predicted octanol–water partition coefficient (Wildman–Crippen LogP) is 1.21. The lowest BCUT2D eigenvalue weighted by molar-refractivity contribution is -0.892. The number of methoxy groups -OCH3 is 1. The van der Waals surface area contributed by atoms with Crippen molar-refractivity contribution in [2.75, 3.05) is 57.9 Å². The third-order valence-electron chi connectivity index (χ3n) is 5.33. The maximum atomic E-state index is 12.2. The molecule has 6 heteroatoms. The molecule has 0 bridgehead atoms. The zero-order chi connectivity index (χ0) is 20.6. The van der Waals surface area contributed by atoms with Crippen molar-refractivity contribution in [2.45, 2.75) is 13.8 Å². The van der Waals surface area contributed by atoms with Gasteiger partial charge in [-0.25, -0.2) is 0 Å². The lowest BCUT2D eigenvalue weighted by Crippen LogP contribution is -3.16. The zero-order valence-electron chi connectivity index (χ0n) is 17.7. The summed E-state index contributed by atoms with van der Waals surface area (Å²) in [5, 5.41) is 2.97. The Morgan fingerprint density at radius 2 is 1.83 bits per heavy atom. The summed E-state index contributed by atoms with van der Waals surface area (Å²) in [5.41, 5.74) is 3.55. The minimum atomic E-state index is 0.0853. The fraction of sp³-hybridized carbons (Fsp3) is 0.435. The number of carbonyl (C=O) groups excluding carboxylic acids is 1. The highest BCUT2D eigenvalue weighted by molar-refractivity contribution is 5.76. The van der Waals surface area contributed by atoms with Gasteiger partial charge in [0.1, 0.15) is 18.1 Å². The molecule has 0 radical (unpaired) electrons. The number of quaternary nitrogens is 1. The van der Waals surface area contributed by atoms with E-state index in [1.54, 1.807) is 7.11 Å². The number of hydrogen-bond acceptors (Lipinski definition) is 4. The Balaban J connectivity index is 1.34. The van der Waals surface area contributed by atoms with Gasteiger partial charge in [-0.3, -0.25) is 4.79 Å². The van der Waals surface area contributed by atoms with Crippen molar-refractivity contribution >= 4 is 11.6 Å². The Hall–Kier alpha value is -2.73. The molecule has 1 amide bonds. The largest absolute Gasteiger partial charge is 0.497 e. The van der Waals surface area contributed by atoms with Crippen LogP contribution in [0.5, 0.6) is 11.5 Å². The number of piperazine rings is 1. The fourth-order valence-corrected chi connectivity index (χ4v) is 3.65. The summed E-state index contributed by atoms with van der Waals surface area (Å²) in [6.07, 6.45) is 0. The molecule has 156 valence electrons. The standard InChI is InChI=1S/C23H31N3O3/c1-18-4-9-22(19(2)16-18)29-15-10-24-23(27)17-25-11-13-26(14-12-25)20-5-7-21(28-3)8-6-20/h4-9,16H,10-15,17H2,1-3H3,(H,24,27)/p+1. The van der Waals surface area contributed by atoms with E-state index >= 15 is 0 Å². The second-order valence-corrected chi connectivity index (χ2v) is 7.58. The van der Waals surface area contributed by atoms with Gasteiger partial charge in [-0.05, 0) is 49.7 Å². The van der Waals surface area contributed by atoms with E-state index in [0.29, 0.717) is 19.7 Å². The number of anilines is 1. The second kappa shape index (κ2) is 10.2. The zero-order valence-corrected chi connectivity index (χ0v) is 17.7. The summed E-state index contributed by atoms with van der Waals surface area (Å²) in [4.78, 5) is 15.9. The molecule has 0 saturated carbocycles. The molecule has 2 aromatic carbocycles. The molecule has 1 aliphatic heterocycles. The maximum Gasteiger partial charge on any atom is 0.275 e. The molecule has 29 heavy (non-hydrogen) atoms. The van der Waals surface area contributed by atoms with E-state index in [1.165, 1.54) is 16.2 Å². The van der Waals surface area contributed by atoms with Gasteiger partial charge in [0.25, 0.3) is 5.91 Å². The van der Waals surface area contributed by atoms with Crippen molar-refractivity contribution in [2.24, 2.45) is 0 Å². The highest BCUT2D eigenvalue weighted by Crippen LogP contribution is 2.19. The van der Waals surface area contributed by atoms with Crippen LogP contribution >= 0.6 is 0 Å². The van der Waals surface area contributed by atoms with Crippen molar-refractivity contribution < 1.29 is 19.2 Å². The Morgan fingerprint density at radius 3 is 2.48 bits per heavy atom. The Labute approximate surface area is 173 Å². The number of nitrogens with zero attached hydrogens (tertiary/aromatic N) is 1. The summed E-state index contributed by atoms with van der Waals surface area (Å²) in [6, 6.07) is 14.3. The van der Waals surface area contributed by atoms with Crippen molar-refractivity contribution in [1.29, 1.82) is 0 Å². The number of rotatable bonds is 8. The lowest BCUT2D eigenvalue weighted by atomic mass is 10.1. The summed E-state index contributed by atoms with van der Waals surface area (Å²) in [5.74, 6) is 1.84. The van der Waals surface area contributed by atoms with Gasteiger partial charge in [0.05, 0.1) is 39.8 Å². The van der Waals surface area contributed by atoms with Crippen LogP contribution in [0.2, 0.25) is 0 Å². The van der Waals surface area contributed by atoms with Crippen molar-refractivity contribution in [3.63, 3.8) is 0 Å². The number of nitrogens with one attached hydrogen (secondary N) is 2. The van der Waals surface area contributed by atoms with Crippen LogP contribution in [0.1, 0.15) is 11.1 Å². The van der Waals surface area contributed by atoms with Gasteiger partial charge in [-0.1, -0.05) is 17.7 Å². The van der Waals surface area contributed by atoms with Crippen LogP contribution in [-0.2, 0) is 4.79 Å². The maximum absolute atomic E-state index is 12.2. The third kappa shape index (κ3) is 6.12. The SMILES string of the molecule is COc1ccc(N2CC[NH+](CC(=O)NCCOc3ccc(C)cc3C)CC2)cc1. The molecule has 1 heterocycles. The summed E-state index contributed by atoms with van der Waals surface area (Å²) < 4.78 is 11.0. The van der Waals surface area contributed by atoms with E-state index < -0.39 is 0 Å². The van der Waals surface area contributed by atoms with Crippen LogP contribution in [0.15, 0.2) is 42.5 Å². The molecule has 0 aromatic heterocycles. The predicted molar refractivity (Wildman–Crippen MR) is 115 cm³/mol. The number of carbonyl (C=O) groups is 1. The lowest BCUT2D eigenvalue weighted by Gasteiger charge is -2.33. The van der Waals surface area contributed by atoms with Gasteiger partial charge in [0.2, 0.25) is 0 Å². The summed E-state index contributed by atoms with van der Waals surface area (Å²) >= 11 is 0. The van der Waals surface area contributed by atoms with Gasteiger partial charge >= 0.3 is 0 Å². The van der Waals surface area contributed by atoms with Crippen LogP contribution in [-0.4, -0.2) is 58.9 Å². The van der Waals surface area contributed by atoms with Crippen LogP contribution < -0.4 is 24.6 Å². The highest BCUT2D eigenvalue weighted by Gasteiger charge is 2.22. The van der Waals surface area contributed by atoms with E-state index in [-0.39, 0.29) is 5.91 Å². The molecular weight excluding hydrogens is 366 g/mol. The first-order valence-corrected chi connectivity index (χ1v) is 10.2. The highest BCUT2D eigenvalue weighted by atomic mass is 16.5. The smallest absolute Gasteiger partial charge is 0.275 e. The molecule has 1 aliphatic rings. The van der Waals surface area contributed by atoms with E-state index in [2.05, 4.69) is 35.3 Å². The number of hydrogen-bond donors (Lipinski definition) is 2. The molecule has 1 saturated heterocycles. The first-order chi connectivity index (χ1) is 14.0. The number of ether oxygens (including phenoxy) is 2. The average Bonchev–Trinajstić information content (AvgIpc) is 2.73. The molecule has 0 atom stereocenters. The van der Waals surface area contributed by atoms with Crippen LogP contribution in [0, 0.1) is 13.8 Å². The minimum absolute atomic E-state index is 0.0853. The first kappa shape index (κ1) is 21.0. The molecule has 0 unspecified atom stereocenters. The molecule has 3 rings (SSSR count). The topological polar surface area (TPSA) is 55.2 Å².